The second-order valence-electron chi connectivity index (χ2n) is 7.07. The number of ether oxygens (including phenoxy) is 1. The number of aliphatic hydroxyl groups is 1. The standard InChI is InChI=1S/C22H22O6S2/c23-13-18-19(28-14-16-7-3-1-4-8-16)11-12-20-22(18)21(15-29(20,24)25)30(26,27)17-9-5-2-6-10-17/h1-12,21,23-25H,13-15H2. The fourth-order valence-corrected chi connectivity index (χ4v) is 8.18. The number of sulfone groups is 1. The van der Waals surface area contributed by atoms with E-state index in [9.17, 15) is 22.6 Å². The monoisotopic (exact) mass is 446 g/mol. The van der Waals surface area contributed by atoms with Crippen molar-refractivity contribution < 1.29 is 27.4 Å². The van der Waals surface area contributed by atoms with E-state index in [0.29, 0.717) is 5.75 Å². The number of hydrogen-bond acceptors (Lipinski definition) is 6. The molecule has 1 aliphatic rings. The van der Waals surface area contributed by atoms with Gasteiger partial charge >= 0.3 is 0 Å². The largest absolute Gasteiger partial charge is 0.489 e. The minimum atomic E-state index is -3.91. The molecule has 1 unspecified atom stereocenters. The van der Waals surface area contributed by atoms with Crippen LogP contribution in [0, 0.1) is 0 Å². The number of benzene rings is 3. The van der Waals surface area contributed by atoms with E-state index in [1.807, 2.05) is 30.3 Å². The third-order valence-corrected chi connectivity index (χ3v) is 9.32. The molecule has 6 nitrogen and oxygen atoms in total. The summed E-state index contributed by atoms with van der Waals surface area (Å²) >= 11 is 0. The van der Waals surface area contributed by atoms with Crippen LogP contribution in [0.2, 0.25) is 0 Å². The molecule has 0 saturated heterocycles. The Bertz CT molecular complexity index is 1150. The van der Waals surface area contributed by atoms with E-state index in [4.69, 9.17) is 4.74 Å². The van der Waals surface area contributed by atoms with Crippen LogP contribution in [-0.4, -0.2) is 28.4 Å². The Hall–Kier alpha value is -2.36. The maximum atomic E-state index is 13.3. The maximum absolute atomic E-state index is 13.3. The molecule has 0 amide bonds. The predicted octanol–water partition coefficient (Wildman–Crippen LogP) is 4.40. The van der Waals surface area contributed by atoms with Gasteiger partial charge in [0.15, 0.2) is 9.84 Å². The molecule has 4 rings (SSSR count). The van der Waals surface area contributed by atoms with E-state index >= 15 is 0 Å². The third-order valence-electron chi connectivity index (χ3n) is 5.17. The van der Waals surface area contributed by atoms with Crippen molar-refractivity contribution in [2.45, 2.75) is 28.3 Å². The average Bonchev–Trinajstić information content (AvgIpc) is 3.05. The lowest BCUT2D eigenvalue weighted by atomic mass is 10.0. The Morgan fingerprint density at radius 3 is 2.20 bits per heavy atom. The minimum absolute atomic E-state index is 0.0950. The van der Waals surface area contributed by atoms with E-state index in [0.717, 1.165) is 5.56 Å². The highest BCUT2D eigenvalue weighted by Crippen LogP contribution is 2.63. The van der Waals surface area contributed by atoms with E-state index in [-0.39, 0.29) is 33.3 Å². The smallest absolute Gasteiger partial charge is 0.187 e. The Morgan fingerprint density at radius 1 is 0.933 bits per heavy atom. The summed E-state index contributed by atoms with van der Waals surface area (Å²) in [4.78, 5) is 0.251. The number of aliphatic hydroxyl groups excluding tert-OH is 1. The van der Waals surface area contributed by atoms with Gasteiger partial charge in [0.05, 0.1) is 22.2 Å². The zero-order chi connectivity index (χ0) is 21.4. The zero-order valence-electron chi connectivity index (χ0n) is 16.0. The molecule has 3 N–H and O–H groups in total. The molecule has 0 aromatic heterocycles. The van der Waals surface area contributed by atoms with Crippen molar-refractivity contribution in [3.8, 4) is 5.75 Å². The van der Waals surface area contributed by atoms with Crippen molar-refractivity contribution >= 4 is 20.4 Å². The van der Waals surface area contributed by atoms with Crippen LogP contribution in [0.4, 0.5) is 0 Å². The highest BCUT2D eigenvalue weighted by Gasteiger charge is 2.45. The van der Waals surface area contributed by atoms with Gasteiger partial charge in [-0.1, -0.05) is 48.5 Å². The Labute approximate surface area is 177 Å². The molecule has 30 heavy (non-hydrogen) atoms. The van der Waals surface area contributed by atoms with Crippen molar-refractivity contribution in [1.29, 1.82) is 0 Å². The summed E-state index contributed by atoms with van der Waals surface area (Å²) in [6.07, 6.45) is 0. The van der Waals surface area contributed by atoms with Crippen LogP contribution in [0.5, 0.6) is 5.75 Å². The van der Waals surface area contributed by atoms with Gasteiger partial charge in [0.1, 0.15) is 17.6 Å². The van der Waals surface area contributed by atoms with Crippen LogP contribution in [0.25, 0.3) is 0 Å². The molecule has 3 aromatic carbocycles. The van der Waals surface area contributed by atoms with Crippen LogP contribution in [0.3, 0.4) is 0 Å². The van der Waals surface area contributed by atoms with Gasteiger partial charge < -0.3 is 9.84 Å². The summed E-state index contributed by atoms with van der Waals surface area (Å²) < 4.78 is 53.7. The molecular formula is C22H22O6S2. The van der Waals surface area contributed by atoms with Crippen molar-refractivity contribution in [2.24, 2.45) is 0 Å². The van der Waals surface area contributed by atoms with Gasteiger partial charge in [-0.2, -0.15) is 10.6 Å². The van der Waals surface area contributed by atoms with Crippen molar-refractivity contribution in [3.05, 3.63) is 89.5 Å². The molecule has 158 valence electrons. The summed E-state index contributed by atoms with van der Waals surface area (Å²) in [6, 6.07) is 20.4. The van der Waals surface area contributed by atoms with E-state index in [1.54, 1.807) is 24.3 Å². The molecule has 0 saturated carbocycles. The highest BCUT2D eigenvalue weighted by molar-refractivity contribution is 8.25. The quantitative estimate of drug-likeness (QED) is 0.519. The zero-order valence-corrected chi connectivity index (χ0v) is 17.6. The van der Waals surface area contributed by atoms with E-state index < -0.39 is 32.3 Å². The van der Waals surface area contributed by atoms with Crippen LogP contribution in [0.15, 0.2) is 82.6 Å². The third kappa shape index (κ3) is 3.73. The molecule has 0 bridgehead atoms. The Morgan fingerprint density at radius 2 is 1.57 bits per heavy atom. The van der Waals surface area contributed by atoms with Crippen molar-refractivity contribution in [2.75, 3.05) is 5.75 Å². The maximum Gasteiger partial charge on any atom is 0.187 e. The molecule has 3 aromatic rings. The SMILES string of the molecule is O=S(=O)(c1ccccc1)C1CS(O)(O)c2ccc(OCc3ccccc3)c(CO)c21. The van der Waals surface area contributed by atoms with E-state index in [2.05, 4.69) is 0 Å². The molecule has 0 fully saturated rings. The van der Waals surface area contributed by atoms with Gasteiger partial charge in [-0.05, 0) is 29.8 Å². The first-order valence-corrected chi connectivity index (χ1v) is 12.6. The summed E-state index contributed by atoms with van der Waals surface area (Å²) in [5, 5.41) is 8.90. The minimum Gasteiger partial charge on any atom is -0.489 e. The van der Waals surface area contributed by atoms with Gasteiger partial charge in [0, 0.05) is 11.1 Å². The number of rotatable bonds is 6. The molecule has 8 heteroatoms. The topological polar surface area (TPSA) is 104 Å². The fraction of sp³-hybridized carbons (Fsp3) is 0.182. The van der Waals surface area contributed by atoms with E-state index in [1.165, 1.54) is 18.2 Å². The van der Waals surface area contributed by atoms with Crippen LogP contribution in [0.1, 0.15) is 21.9 Å². The summed E-state index contributed by atoms with van der Waals surface area (Å²) in [6.45, 7) is -0.247. The summed E-state index contributed by atoms with van der Waals surface area (Å²) in [7, 11) is -7.21. The first kappa shape index (κ1) is 20.9. The predicted molar refractivity (Wildman–Crippen MR) is 115 cm³/mol. The lowest BCUT2D eigenvalue weighted by Gasteiger charge is -2.27. The average molecular weight is 447 g/mol. The van der Waals surface area contributed by atoms with Crippen LogP contribution >= 0.6 is 10.6 Å². The second-order valence-corrected chi connectivity index (χ2v) is 11.3. The van der Waals surface area contributed by atoms with Gasteiger partial charge in [0.2, 0.25) is 0 Å². The molecule has 0 spiro atoms. The van der Waals surface area contributed by atoms with Gasteiger partial charge in [-0.25, -0.2) is 8.42 Å². The number of hydrogen-bond donors (Lipinski definition) is 3. The first-order chi connectivity index (χ1) is 14.3. The highest BCUT2D eigenvalue weighted by atomic mass is 32.3. The van der Waals surface area contributed by atoms with Crippen LogP contribution < -0.4 is 4.74 Å². The van der Waals surface area contributed by atoms with Gasteiger partial charge in [-0.15, -0.1) is 0 Å². The lowest BCUT2D eigenvalue weighted by Crippen LogP contribution is -2.16. The normalized spacial score (nSPS) is 18.6. The molecule has 1 aliphatic heterocycles. The molecule has 1 heterocycles. The van der Waals surface area contributed by atoms with Gasteiger partial charge in [0.25, 0.3) is 0 Å². The van der Waals surface area contributed by atoms with Gasteiger partial charge in [-0.3, -0.25) is 9.11 Å². The van der Waals surface area contributed by atoms with Crippen LogP contribution in [-0.2, 0) is 23.1 Å². The molecular weight excluding hydrogens is 424 g/mol. The fourth-order valence-electron chi connectivity index (χ4n) is 3.70. The Kier molecular flexibility index (Phi) is 5.61. The number of fused-ring (bicyclic) bond motifs is 1. The summed E-state index contributed by atoms with van der Waals surface area (Å²) in [5.74, 6) is -0.0141. The van der Waals surface area contributed by atoms with Crippen molar-refractivity contribution in [3.63, 3.8) is 0 Å². The van der Waals surface area contributed by atoms with Crippen molar-refractivity contribution in [1.82, 2.24) is 0 Å². The molecule has 0 radical (unpaired) electrons. The first-order valence-electron chi connectivity index (χ1n) is 9.33. The second kappa shape index (κ2) is 8.05. The Balaban J connectivity index is 1.78. The molecule has 1 atom stereocenters. The summed E-state index contributed by atoms with van der Waals surface area (Å²) in [5.41, 5.74) is 1.41. The lowest BCUT2D eigenvalue weighted by molar-refractivity contribution is 0.257. The molecule has 0 aliphatic carbocycles.